The highest BCUT2D eigenvalue weighted by Gasteiger charge is 2.27. The van der Waals surface area contributed by atoms with Gasteiger partial charge in [0.2, 0.25) is 10.0 Å². The van der Waals surface area contributed by atoms with Gasteiger partial charge in [0.05, 0.1) is 4.90 Å². The zero-order valence-electron chi connectivity index (χ0n) is 11.6. The van der Waals surface area contributed by atoms with Gasteiger partial charge in [-0.05, 0) is 37.3 Å². The van der Waals surface area contributed by atoms with E-state index < -0.39 is 21.9 Å². The average Bonchev–Trinajstić information content (AvgIpc) is 2.46. The maximum atomic E-state index is 13.8. The molecular weight excluding hydrogens is 357 g/mol. The van der Waals surface area contributed by atoms with E-state index in [2.05, 4.69) is 15.9 Å². The number of halogens is 2. The Kier molecular flexibility index (Phi) is 4.81. The topological polar surface area (TPSA) is 37.4 Å². The fraction of sp³-hybridized carbons (Fsp3) is 0.200. The molecule has 0 heterocycles. The van der Waals surface area contributed by atoms with Crippen molar-refractivity contribution in [2.45, 2.75) is 17.9 Å². The lowest BCUT2D eigenvalue weighted by Gasteiger charge is -2.25. The fourth-order valence-corrected chi connectivity index (χ4v) is 3.60. The Hall–Kier alpha value is -1.24. The van der Waals surface area contributed by atoms with Gasteiger partial charge in [0.1, 0.15) is 5.82 Å². The molecule has 2 aromatic carbocycles. The summed E-state index contributed by atoms with van der Waals surface area (Å²) in [7, 11) is -2.22. The first-order chi connectivity index (χ1) is 9.84. The van der Waals surface area contributed by atoms with Gasteiger partial charge in [-0.15, -0.1) is 0 Å². The average molecular weight is 372 g/mol. The molecule has 0 fully saturated rings. The molecule has 0 aliphatic rings. The Bertz CT molecular complexity index is 732. The lowest BCUT2D eigenvalue weighted by atomic mass is 10.1. The summed E-state index contributed by atoms with van der Waals surface area (Å²) >= 11 is 3.27. The summed E-state index contributed by atoms with van der Waals surface area (Å²) in [6.45, 7) is 1.66. The number of hydrogen-bond donors (Lipinski definition) is 0. The van der Waals surface area contributed by atoms with Gasteiger partial charge in [-0.25, -0.2) is 12.8 Å². The van der Waals surface area contributed by atoms with Crippen LogP contribution in [0.4, 0.5) is 4.39 Å². The Balaban J connectivity index is 2.36. The van der Waals surface area contributed by atoms with E-state index in [4.69, 9.17) is 0 Å². The van der Waals surface area contributed by atoms with Gasteiger partial charge in [-0.1, -0.05) is 34.1 Å². The van der Waals surface area contributed by atoms with Gasteiger partial charge < -0.3 is 0 Å². The Labute approximate surface area is 132 Å². The molecule has 112 valence electrons. The van der Waals surface area contributed by atoms with E-state index in [1.165, 1.54) is 29.6 Å². The summed E-state index contributed by atoms with van der Waals surface area (Å²) in [5.74, 6) is -0.414. The summed E-state index contributed by atoms with van der Waals surface area (Å²) in [5, 5.41) is 0. The molecule has 1 unspecified atom stereocenters. The number of nitrogens with zero attached hydrogens (tertiary/aromatic N) is 1. The summed E-state index contributed by atoms with van der Waals surface area (Å²) in [4.78, 5) is 0.177. The molecule has 0 amide bonds. The van der Waals surface area contributed by atoms with E-state index in [0.29, 0.717) is 5.56 Å². The Morgan fingerprint density at radius 3 is 2.24 bits per heavy atom. The first-order valence-electron chi connectivity index (χ1n) is 6.32. The number of benzene rings is 2. The Morgan fingerprint density at radius 2 is 1.67 bits per heavy atom. The molecule has 21 heavy (non-hydrogen) atoms. The lowest BCUT2D eigenvalue weighted by Crippen LogP contribution is -2.30. The predicted molar refractivity (Wildman–Crippen MR) is 83.9 cm³/mol. The Morgan fingerprint density at radius 1 is 1.10 bits per heavy atom. The highest BCUT2D eigenvalue weighted by molar-refractivity contribution is 9.10. The summed E-state index contributed by atoms with van der Waals surface area (Å²) < 4.78 is 40.9. The second-order valence-corrected chi connectivity index (χ2v) is 7.59. The maximum absolute atomic E-state index is 13.8. The SMILES string of the molecule is CC(c1ccccc1F)N(C)S(=O)(=O)c1ccc(Br)cc1. The predicted octanol–water partition coefficient (Wildman–Crippen LogP) is 3.97. The van der Waals surface area contributed by atoms with Crippen molar-refractivity contribution in [3.63, 3.8) is 0 Å². The van der Waals surface area contributed by atoms with Crippen LogP contribution in [0.5, 0.6) is 0 Å². The molecule has 2 rings (SSSR count). The molecule has 0 aliphatic carbocycles. The van der Waals surface area contributed by atoms with Gasteiger partial charge in [0, 0.05) is 23.1 Å². The molecule has 0 bridgehead atoms. The quantitative estimate of drug-likeness (QED) is 0.815. The van der Waals surface area contributed by atoms with Crippen molar-refractivity contribution < 1.29 is 12.8 Å². The highest BCUT2D eigenvalue weighted by Crippen LogP contribution is 2.27. The van der Waals surface area contributed by atoms with Gasteiger partial charge in [0.15, 0.2) is 0 Å². The van der Waals surface area contributed by atoms with Crippen LogP contribution in [0.15, 0.2) is 57.9 Å². The van der Waals surface area contributed by atoms with Crippen LogP contribution in [0.1, 0.15) is 18.5 Å². The minimum Gasteiger partial charge on any atom is -0.207 e. The highest BCUT2D eigenvalue weighted by atomic mass is 79.9. The van der Waals surface area contributed by atoms with Gasteiger partial charge in [0.25, 0.3) is 0 Å². The van der Waals surface area contributed by atoms with Crippen molar-refractivity contribution in [1.29, 1.82) is 0 Å². The van der Waals surface area contributed by atoms with E-state index in [9.17, 15) is 12.8 Å². The van der Waals surface area contributed by atoms with Crippen LogP contribution in [0.3, 0.4) is 0 Å². The van der Waals surface area contributed by atoms with Crippen molar-refractivity contribution in [2.75, 3.05) is 7.05 Å². The van der Waals surface area contributed by atoms with E-state index in [1.807, 2.05) is 0 Å². The van der Waals surface area contributed by atoms with Crippen LogP contribution < -0.4 is 0 Å². The third-order valence-corrected chi connectivity index (χ3v) is 5.86. The smallest absolute Gasteiger partial charge is 0.207 e. The summed E-state index contributed by atoms with van der Waals surface area (Å²) in [6.07, 6.45) is 0. The second-order valence-electron chi connectivity index (χ2n) is 4.67. The van der Waals surface area contributed by atoms with Crippen LogP contribution in [0.25, 0.3) is 0 Å². The molecule has 1 atom stereocenters. The molecular formula is C15H15BrFNO2S. The molecule has 2 aromatic rings. The number of hydrogen-bond acceptors (Lipinski definition) is 2. The maximum Gasteiger partial charge on any atom is 0.243 e. The van der Waals surface area contributed by atoms with Crippen molar-refractivity contribution in [3.8, 4) is 0 Å². The molecule has 0 spiro atoms. The molecule has 0 N–H and O–H groups in total. The zero-order valence-corrected chi connectivity index (χ0v) is 14.0. The third kappa shape index (κ3) is 3.33. The molecule has 0 saturated carbocycles. The largest absolute Gasteiger partial charge is 0.243 e. The van der Waals surface area contributed by atoms with Crippen molar-refractivity contribution in [1.82, 2.24) is 4.31 Å². The molecule has 3 nitrogen and oxygen atoms in total. The van der Waals surface area contributed by atoms with Gasteiger partial charge >= 0.3 is 0 Å². The van der Waals surface area contributed by atoms with Crippen LogP contribution in [0.2, 0.25) is 0 Å². The molecule has 0 radical (unpaired) electrons. The molecule has 0 saturated heterocycles. The van der Waals surface area contributed by atoms with Crippen LogP contribution in [-0.4, -0.2) is 19.8 Å². The van der Waals surface area contributed by atoms with Crippen LogP contribution in [-0.2, 0) is 10.0 Å². The van der Waals surface area contributed by atoms with Gasteiger partial charge in [-0.2, -0.15) is 4.31 Å². The van der Waals surface area contributed by atoms with Crippen molar-refractivity contribution in [2.24, 2.45) is 0 Å². The monoisotopic (exact) mass is 371 g/mol. The van der Waals surface area contributed by atoms with E-state index in [0.717, 1.165) is 4.47 Å². The number of rotatable bonds is 4. The number of sulfonamides is 1. The molecule has 0 aliphatic heterocycles. The first kappa shape index (κ1) is 16.1. The second kappa shape index (κ2) is 6.25. The van der Waals surface area contributed by atoms with Crippen LogP contribution in [0, 0.1) is 5.82 Å². The molecule has 0 aromatic heterocycles. The standard InChI is InChI=1S/C15H15BrFNO2S/c1-11(14-5-3-4-6-15(14)17)18(2)21(19,20)13-9-7-12(16)8-10-13/h3-11H,1-2H3. The van der Waals surface area contributed by atoms with Crippen LogP contribution >= 0.6 is 15.9 Å². The van der Waals surface area contributed by atoms with Gasteiger partial charge in [-0.3, -0.25) is 0 Å². The summed E-state index contributed by atoms with van der Waals surface area (Å²) in [6, 6.07) is 11.9. The summed E-state index contributed by atoms with van der Waals surface area (Å²) in [5.41, 5.74) is 0.348. The zero-order chi connectivity index (χ0) is 15.6. The van der Waals surface area contributed by atoms with E-state index in [-0.39, 0.29) is 4.90 Å². The van der Waals surface area contributed by atoms with Crippen molar-refractivity contribution in [3.05, 3.63) is 64.4 Å². The first-order valence-corrected chi connectivity index (χ1v) is 8.55. The lowest BCUT2D eigenvalue weighted by molar-refractivity contribution is 0.387. The normalized spacial score (nSPS) is 13.4. The third-order valence-electron chi connectivity index (χ3n) is 3.39. The fourth-order valence-electron chi connectivity index (χ4n) is 1.99. The minimum absolute atomic E-state index is 0.177. The minimum atomic E-state index is -3.67. The van der Waals surface area contributed by atoms with E-state index in [1.54, 1.807) is 37.3 Å². The van der Waals surface area contributed by atoms with Crippen molar-refractivity contribution >= 4 is 26.0 Å². The van der Waals surface area contributed by atoms with E-state index >= 15 is 0 Å². The molecule has 6 heteroatoms.